The van der Waals surface area contributed by atoms with Crippen LogP contribution in [0.1, 0.15) is 18.1 Å². The van der Waals surface area contributed by atoms with Crippen molar-refractivity contribution in [3.63, 3.8) is 0 Å². The minimum absolute atomic E-state index is 0.248. The molecule has 1 aromatic carbocycles. The van der Waals surface area contributed by atoms with Gasteiger partial charge in [-0.05, 0) is 18.1 Å². The summed E-state index contributed by atoms with van der Waals surface area (Å²) in [6.45, 7) is 6.80. The highest BCUT2D eigenvalue weighted by atomic mass is 19.1. The molecule has 4 heteroatoms. The molecule has 1 aromatic rings. The zero-order valence-electron chi connectivity index (χ0n) is 11.1. The predicted molar refractivity (Wildman–Crippen MR) is 70.5 cm³/mol. The van der Waals surface area contributed by atoms with Gasteiger partial charge in [0.15, 0.2) is 11.6 Å². The van der Waals surface area contributed by atoms with E-state index in [-0.39, 0.29) is 5.82 Å². The summed E-state index contributed by atoms with van der Waals surface area (Å²) in [7, 11) is 1.53. The fraction of sp³-hybridized carbons (Fsp3) is 0.571. The van der Waals surface area contributed by atoms with Gasteiger partial charge in [-0.25, -0.2) is 4.39 Å². The number of piperazine rings is 1. The third-order valence-electron chi connectivity index (χ3n) is 3.40. The van der Waals surface area contributed by atoms with Gasteiger partial charge in [0.1, 0.15) is 0 Å². The first-order valence-electron chi connectivity index (χ1n) is 6.53. The normalized spacial score (nSPS) is 16.8. The number of hydrogen-bond acceptors (Lipinski definition) is 3. The van der Waals surface area contributed by atoms with Crippen LogP contribution in [-0.4, -0.2) is 38.2 Å². The molecule has 0 aliphatic carbocycles. The molecule has 1 saturated heterocycles. The van der Waals surface area contributed by atoms with E-state index in [1.165, 1.54) is 7.11 Å². The van der Waals surface area contributed by atoms with Crippen molar-refractivity contribution in [3.05, 3.63) is 29.1 Å². The Labute approximate surface area is 108 Å². The molecule has 0 saturated carbocycles. The molecule has 0 aromatic heterocycles. The number of nitrogens with one attached hydrogen (secondary N) is 1. The number of rotatable bonds is 4. The van der Waals surface area contributed by atoms with E-state index in [4.69, 9.17) is 4.74 Å². The second-order valence-corrected chi connectivity index (χ2v) is 4.65. The van der Waals surface area contributed by atoms with Crippen LogP contribution in [0.3, 0.4) is 0 Å². The van der Waals surface area contributed by atoms with Crippen LogP contribution in [-0.2, 0) is 13.0 Å². The molecule has 1 fully saturated rings. The van der Waals surface area contributed by atoms with E-state index >= 15 is 0 Å². The highest BCUT2D eigenvalue weighted by molar-refractivity contribution is 5.39. The largest absolute Gasteiger partial charge is 0.493 e. The Morgan fingerprint density at radius 2 is 2.06 bits per heavy atom. The van der Waals surface area contributed by atoms with Crippen LogP contribution < -0.4 is 10.1 Å². The summed E-state index contributed by atoms with van der Waals surface area (Å²) in [5, 5.41) is 3.32. The van der Waals surface area contributed by atoms with Gasteiger partial charge in [-0.2, -0.15) is 0 Å². The zero-order chi connectivity index (χ0) is 13.0. The Balaban J connectivity index is 2.20. The summed E-state index contributed by atoms with van der Waals surface area (Å²) in [6, 6.07) is 3.63. The summed E-state index contributed by atoms with van der Waals surface area (Å²) < 4.78 is 19.1. The first kappa shape index (κ1) is 13.3. The lowest BCUT2D eigenvalue weighted by atomic mass is 10.1. The second-order valence-electron chi connectivity index (χ2n) is 4.65. The highest BCUT2D eigenvalue weighted by Gasteiger charge is 2.16. The van der Waals surface area contributed by atoms with Crippen LogP contribution in [0.2, 0.25) is 0 Å². The standard InChI is InChI=1S/C14H21FN2O/c1-3-11-8-12(14(18-2)13(15)9-11)10-17-6-4-16-5-7-17/h8-9,16H,3-7,10H2,1-2H3. The molecule has 18 heavy (non-hydrogen) atoms. The van der Waals surface area contributed by atoms with Crippen molar-refractivity contribution in [1.82, 2.24) is 10.2 Å². The quantitative estimate of drug-likeness (QED) is 0.884. The molecule has 3 nitrogen and oxygen atoms in total. The van der Waals surface area contributed by atoms with Crippen molar-refractivity contribution < 1.29 is 9.13 Å². The monoisotopic (exact) mass is 252 g/mol. The Kier molecular flexibility index (Phi) is 4.55. The van der Waals surface area contributed by atoms with Gasteiger partial charge in [-0.15, -0.1) is 0 Å². The van der Waals surface area contributed by atoms with Gasteiger partial charge in [-0.3, -0.25) is 4.90 Å². The van der Waals surface area contributed by atoms with Gasteiger partial charge in [-0.1, -0.05) is 13.0 Å². The zero-order valence-corrected chi connectivity index (χ0v) is 11.1. The van der Waals surface area contributed by atoms with Crippen molar-refractivity contribution in [2.75, 3.05) is 33.3 Å². The van der Waals surface area contributed by atoms with Crippen LogP contribution in [0.15, 0.2) is 12.1 Å². The number of ether oxygens (including phenoxy) is 1. The highest BCUT2D eigenvalue weighted by Crippen LogP contribution is 2.26. The summed E-state index contributed by atoms with van der Waals surface area (Å²) in [6.07, 6.45) is 0.843. The maximum atomic E-state index is 13.9. The van der Waals surface area contributed by atoms with Crippen molar-refractivity contribution in [1.29, 1.82) is 0 Å². The fourth-order valence-electron chi connectivity index (χ4n) is 2.37. The molecular weight excluding hydrogens is 231 g/mol. The van der Waals surface area contributed by atoms with E-state index in [2.05, 4.69) is 16.3 Å². The van der Waals surface area contributed by atoms with Crippen molar-refractivity contribution >= 4 is 0 Å². The fourth-order valence-corrected chi connectivity index (χ4v) is 2.37. The Bertz CT molecular complexity index is 403. The van der Waals surface area contributed by atoms with Gasteiger partial charge in [0.2, 0.25) is 0 Å². The van der Waals surface area contributed by atoms with Gasteiger partial charge in [0.05, 0.1) is 7.11 Å². The van der Waals surface area contributed by atoms with Gasteiger partial charge in [0, 0.05) is 38.3 Å². The molecule has 0 bridgehead atoms. The minimum atomic E-state index is -0.248. The molecule has 1 aliphatic rings. The van der Waals surface area contributed by atoms with E-state index in [0.717, 1.165) is 50.3 Å². The average Bonchev–Trinajstić information content (AvgIpc) is 2.39. The van der Waals surface area contributed by atoms with Crippen LogP contribution in [0, 0.1) is 5.82 Å². The van der Waals surface area contributed by atoms with Crippen molar-refractivity contribution in [2.45, 2.75) is 19.9 Å². The predicted octanol–water partition coefficient (Wildman–Crippen LogP) is 1.80. The molecule has 0 atom stereocenters. The van der Waals surface area contributed by atoms with Crippen molar-refractivity contribution in [2.24, 2.45) is 0 Å². The molecule has 2 rings (SSSR count). The number of aryl methyl sites for hydroxylation is 1. The number of nitrogens with zero attached hydrogens (tertiary/aromatic N) is 1. The molecule has 1 heterocycles. The summed E-state index contributed by atoms with van der Waals surface area (Å²) in [5.74, 6) is 0.146. The first-order valence-corrected chi connectivity index (χ1v) is 6.53. The Morgan fingerprint density at radius 1 is 1.33 bits per heavy atom. The second kappa shape index (κ2) is 6.16. The topological polar surface area (TPSA) is 24.5 Å². The minimum Gasteiger partial charge on any atom is -0.493 e. The maximum absolute atomic E-state index is 13.9. The maximum Gasteiger partial charge on any atom is 0.165 e. The smallest absolute Gasteiger partial charge is 0.165 e. The molecular formula is C14H21FN2O. The molecule has 1 aliphatic heterocycles. The number of hydrogen-bond donors (Lipinski definition) is 1. The van der Waals surface area contributed by atoms with E-state index in [1.807, 2.05) is 6.92 Å². The third-order valence-corrected chi connectivity index (χ3v) is 3.40. The molecule has 0 spiro atoms. The summed E-state index contributed by atoms with van der Waals surface area (Å²) >= 11 is 0. The Hall–Kier alpha value is -1.13. The SMILES string of the molecule is CCc1cc(F)c(OC)c(CN2CCNCC2)c1. The molecule has 0 unspecified atom stereocenters. The van der Waals surface area contributed by atoms with Gasteiger partial charge >= 0.3 is 0 Å². The summed E-state index contributed by atoms with van der Waals surface area (Å²) in [5.41, 5.74) is 1.98. The molecule has 1 N–H and O–H groups in total. The summed E-state index contributed by atoms with van der Waals surface area (Å²) in [4.78, 5) is 2.33. The van der Waals surface area contributed by atoms with E-state index in [9.17, 15) is 4.39 Å². The first-order chi connectivity index (χ1) is 8.74. The van der Waals surface area contributed by atoms with E-state index in [0.29, 0.717) is 5.75 Å². The number of benzene rings is 1. The van der Waals surface area contributed by atoms with Crippen molar-refractivity contribution in [3.8, 4) is 5.75 Å². The molecule has 100 valence electrons. The van der Waals surface area contributed by atoms with Gasteiger partial charge in [0.25, 0.3) is 0 Å². The van der Waals surface area contributed by atoms with E-state index in [1.54, 1.807) is 6.07 Å². The Morgan fingerprint density at radius 3 is 2.67 bits per heavy atom. The lowest BCUT2D eigenvalue weighted by Gasteiger charge is -2.28. The van der Waals surface area contributed by atoms with E-state index < -0.39 is 0 Å². The molecule has 0 amide bonds. The van der Waals surface area contributed by atoms with Gasteiger partial charge < -0.3 is 10.1 Å². The average molecular weight is 252 g/mol. The lowest BCUT2D eigenvalue weighted by molar-refractivity contribution is 0.229. The number of halogens is 1. The van der Waals surface area contributed by atoms with Crippen LogP contribution in [0.25, 0.3) is 0 Å². The third kappa shape index (κ3) is 3.00. The van der Waals surface area contributed by atoms with Crippen LogP contribution in [0.5, 0.6) is 5.75 Å². The van der Waals surface area contributed by atoms with Crippen LogP contribution in [0.4, 0.5) is 4.39 Å². The van der Waals surface area contributed by atoms with Crippen LogP contribution >= 0.6 is 0 Å². The number of methoxy groups -OCH3 is 1. The molecule has 0 radical (unpaired) electrons. The lowest BCUT2D eigenvalue weighted by Crippen LogP contribution is -2.42.